The minimum absolute atomic E-state index is 0.0362. The van der Waals surface area contributed by atoms with Crippen molar-refractivity contribution in [1.82, 2.24) is 0 Å². The Morgan fingerprint density at radius 1 is 0.923 bits per heavy atom. The maximum Gasteiger partial charge on any atom is 0.184 e. The molecule has 0 saturated carbocycles. The maximum atomic E-state index is 14.0. The van der Waals surface area contributed by atoms with Crippen LogP contribution in [-0.2, 0) is 25.3 Å². The minimum Gasteiger partial charge on any atom is -0.348 e. The van der Waals surface area contributed by atoms with Crippen LogP contribution < -0.4 is 0 Å². The van der Waals surface area contributed by atoms with E-state index in [-0.39, 0.29) is 11.9 Å². The summed E-state index contributed by atoms with van der Waals surface area (Å²) in [5.74, 6) is 0.0954. The lowest BCUT2D eigenvalue weighted by Gasteiger charge is -2.32. The fraction of sp³-hybridized carbons (Fsp3) is 0.435. The fourth-order valence-corrected chi connectivity index (χ4v) is 4.08. The molecule has 0 unspecified atom stereocenters. The summed E-state index contributed by atoms with van der Waals surface area (Å²) < 4.78 is 12.7. The quantitative estimate of drug-likeness (QED) is 0.735. The van der Waals surface area contributed by atoms with Gasteiger partial charge in [-0.1, -0.05) is 74.5 Å². The normalized spacial score (nSPS) is 28.7. The van der Waals surface area contributed by atoms with Gasteiger partial charge in [0.1, 0.15) is 5.41 Å². The van der Waals surface area contributed by atoms with Crippen molar-refractivity contribution in [3.63, 3.8) is 0 Å². The molecule has 1 saturated heterocycles. The van der Waals surface area contributed by atoms with Gasteiger partial charge >= 0.3 is 0 Å². The van der Waals surface area contributed by atoms with Crippen molar-refractivity contribution in [1.29, 1.82) is 0 Å². The van der Waals surface area contributed by atoms with Gasteiger partial charge < -0.3 is 9.47 Å². The Kier molecular flexibility index (Phi) is 5.31. The molecule has 3 atom stereocenters. The molecule has 3 nitrogen and oxygen atoms in total. The lowest BCUT2D eigenvalue weighted by Crippen LogP contribution is -2.45. The third-order valence-corrected chi connectivity index (χ3v) is 5.46. The Bertz CT molecular complexity index is 741. The Morgan fingerprint density at radius 3 is 1.92 bits per heavy atom. The minimum atomic E-state index is -0.979. The topological polar surface area (TPSA) is 35.5 Å². The standard InChI is InChI=1S/C23H28O3/c1-5-22(18-13-9-7-10-14-18)20(24)23(6-2,19-15-11-8-12-16-19)26-21(22)25-17(3)4/h7-17,21H,5-6H2,1-4H3/t21-,22-,23+/m1/s1. The summed E-state index contributed by atoms with van der Waals surface area (Å²) in [6, 6.07) is 19.8. The van der Waals surface area contributed by atoms with Crippen molar-refractivity contribution in [2.75, 3.05) is 0 Å². The highest BCUT2D eigenvalue weighted by Crippen LogP contribution is 2.52. The van der Waals surface area contributed by atoms with Gasteiger partial charge in [0.2, 0.25) is 0 Å². The third-order valence-electron chi connectivity index (χ3n) is 5.46. The van der Waals surface area contributed by atoms with E-state index < -0.39 is 17.3 Å². The molecule has 2 aromatic carbocycles. The molecule has 0 aromatic heterocycles. The number of hydrogen-bond acceptors (Lipinski definition) is 3. The van der Waals surface area contributed by atoms with E-state index in [0.29, 0.717) is 12.8 Å². The molecule has 0 spiro atoms. The van der Waals surface area contributed by atoms with Crippen LogP contribution in [0, 0.1) is 0 Å². The van der Waals surface area contributed by atoms with Crippen LogP contribution >= 0.6 is 0 Å². The van der Waals surface area contributed by atoms with E-state index >= 15 is 0 Å². The highest BCUT2D eigenvalue weighted by atomic mass is 16.7. The number of ether oxygens (including phenoxy) is 2. The smallest absolute Gasteiger partial charge is 0.184 e. The van der Waals surface area contributed by atoms with Crippen molar-refractivity contribution in [3.05, 3.63) is 71.8 Å². The number of carbonyl (C=O) groups is 1. The molecule has 1 aliphatic rings. The molecule has 0 bridgehead atoms. The van der Waals surface area contributed by atoms with Crippen LogP contribution in [0.25, 0.3) is 0 Å². The third kappa shape index (κ3) is 2.80. The molecule has 0 radical (unpaired) electrons. The molecule has 1 aliphatic heterocycles. The van der Waals surface area contributed by atoms with Crippen LogP contribution in [0.2, 0.25) is 0 Å². The molecule has 26 heavy (non-hydrogen) atoms. The fourth-order valence-electron chi connectivity index (χ4n) is 4.08. The van der Waals surface area contributed by atoms with E-state index in [1.54, 1.807) is 0 Å². The van der Waals surface area contributed by atoms with E-state index in [0.717, 1.165) is 11.1 Å². The molecule has 138 valence electrons. The molecule has 3 rings (SSSR count). The number of benzene rings is 2. The Morgan fingerprint density at radius 2 is 1.46 bits per heavy atom. The van der Waals surface area contributed by atoms with Gasteiger partial charge in [0.15, 0.2) is 17.7 Å². The van der Waals surface area contributed by atoms with Crippen LogP contribution in [0.5, 0.6) is 0 Å². The zero-order chi connectivity index (χ0) is 18.8. The van der Waals surface area contributed by atoms with E-state index in [2.05, 4.69) is 0 Å². The van der Waals surface area contributed by atoms with Crippen molar-refractivity contribution in [2.45, 2.75) is 63.9 Å². The van der Waals surface area contributed by atoms with Gasteiger partial charge in [0.25, 0.3) is 0 Å². The van der Waals surface area contributed by atoms with Gasteiger partial charge in [0.05, 0.1) is 6.10 Å². The lowest BCUT2D eigenvalue weighted by atomic mass is 9.69. The van der Waals surface area contributed by atoms with Crippen LogP contribution in [0.15, 0.2) is 60.7 Å². The molecule has 1 fully saturated rings. The summed E-state index contributed by atoms with van der Waals surface area (Å²) in [4.78, 5) is 14.0. The van der Waals surface area contributed by atoms with Gasteiger partial charge in [-0.3, -0.25) is 4.79 Å². The van der Waals surface area contributed by atoms with E-state index in [9.17, 15) is 4.79 Å². The molecule has 3 heteroatoms. The number of ketones is 1. The van der Waals surface area contributed by atoms with E-state index in [1.165, 1.54) is 0 Å². The van der Waals surface area contributed by atoms with Crippen molar-refractivity contribution in [3.8, 4) is 0 Å². The maximum absolute atomic E-state index is 14.0. The highest BCUT2D eigenvalue weighted by Gasteiger charge is 2.64. The monoisotopic (exact) mass is 352 g/mol. The summed E-state index contributed by atoms with van der Waals surface area (Å²) in [6.07, 6.45) is 0.554. The van der Waals surface area contributed by atoms with Crippen LogP contribution in [0.4, 0.5) is 0 Å². The molecule has 0 aliphatic carbocycles. The first-order valence-corrected chi connectivity index (χ1v) is 9.50. The van der Waals surface area contributed by atoms with Gasteiger partial charge in [-0.15, -0.1) is 0 Å². The Labute approximate surface area is 156 Å². The lowest BCUT2D eigenvalue weighted by molar-refractivity contribution is -0.205. The molecular formula is C23H28O3. The predicted molar refractivity (Wildman–Crippen MR) is 103 cm³/mol. The SMILES string of the molecule is CC[C@@]1(c2ccccc2)C(=O)[C@](CC)(c2ccccc2)O[C@H]1OC(C)C. The second-order valence-corrected chi connectivity index (χ2v) is 7.20. The van der Waals surface area contributed by atoms with Crippen LogP contribution in [0.1, 0.15) is 51.7 Å². The molecule has 1 heterocycles. The summed E-state index contributed by atoms with van der Waals surface area (Å²) in [6.45, 7) is 8.01. The van der Waals surface area contributed by atoms with E-state index in [1.807, 2.05) is 88.4 Å². The summed E-state index contributed by atoms with van der Waals surface area (Å²) in [5.41, 5.74) is 0.0739. The van der Waals surface area contributed by atoms with Crippen LogP contribution in [0.3, 0.4) is 0 Å². The van der Waals surface area contributed by atoms with Gasteiger partial charge in [-0.25, -0.2) is 0 Å². The Balaban J connectivity index is 2.20. The first kappa shape index (κ1) is 18.8. The Hall–Kier alpha value is -1.97. The number of carbonyl (C=O) groups excluding carboxylic acids is 1. The van der Waals surface area contributed by atoms with Gasteiger partial charge in [-0.2, -0.15) is 0 Å². The second kappa shape index (κ2) is 7.34. The predicted octanol–water partition coefficient (Wildman–Crippen LogP) is 4.99. The van der Waals surface area contributed by atoms with Gasteiger partial charge in [-0.05, 0) is 37.8 Å². The molecule has 2 aromatic rings. The zero-order valence-corrected chi connectivity index (χ0v) is 16.1. The second-order valence-electron chi connectivity index (χ2n) is 7.20. The highest BCUT2D eigenvalue weighted by molar-refractivity contribution is 6.00. The van der Waals surface area contributed by atoms with Crippen molar-refractivity contribution in [2.24, 2.45) is 0 Å². The molecule has 0 N–H and O–H groups in total. The summed E-state index contributed by atoms with van der Waals surface area (Å²) in [5, 5.41) is 0. The van der Waals surface area contributed by atoms with Crippen LogP contribution in [-0.4, -0.2) is 18.2 Å². The summed E-state index contributed by atoms with van der Waals surface area (Å²) >= 11 is 0. The molecular weight excluding hydrogens is 324 g/mol. The number of hydrogen-bond donors (Lipinski definition) is 0. The number of Topliss-reactive ketones (excluding diaryl/α,β-unsaturated/α-hetero) is 1. The molecule has 0 amide bonds. The van der Waals surface area contributed by atoms with Crippen molar-refractivity contribution >= 4 is 5.78 Å². The first-order chi connectivity index (χ1) is 12.5. The number of rotatable bonds is 6. The average Bonchev–Trinajstić information content (AvgIpc) is 2.92. The summed E-state index contributed by atoms with van der Waals surface area (Å²) in [7, 11) is 0. The zero-order valence-electron chi connectivity index (χ0n) is 16.1. The van der Waals surface area contributed by atoms with Crippen molar-refractivity contribution < 1.29 is 14.3 Å². The average molecular weight is 352 g/mol. The largest absolute Gasteiger partial charge is 0.348 e. The first-order valence-electron chi connectivity index (χ1n) is 9.50. The van der Waals surface area contributed by atoms with E-state index in [4.69, 9.17) is 9.47 Å². The van der Waals surface area contributed by atoms with Gasteiger partial charge in [0, 0.05) is 0 Å².